The minimum Gasteiger partial charge on any atom is -0.489 e. The number of benzene rings is 1. The predicted molar refractivity (Wildman–Crippen MR) is 73.1 cm³/mol. The van der Waals surface area contributed by atoms with Crippen LogP contribution < -0.4 is 10.5 Å². The third-order valence-corrected chi connectivity index (χ3v) is 3.52. The van der Waals surface area contributed by atoms with Crippen LogP contribution in [0.1, 0.15) is 38.3 Å². The molecule has 1 aromatic carbocycles. The van der Waals surface area contributed by atoms with Crippen LogP contribution in [-0.2, 0) is 4.74 Å². The molecule has 0 amide bonds. The van der Waals surface area contributed by atoms with Crippen LogP contribution >= 0.6 is 11.6 Å². The van der Waals surface area contributed by atoms with Crippen molar-refractivity contribution in [3.63, 3.8) is 0 Å². The summed E-state index contributed by atoms with van der Waals surface area (Å²) in [6.07, 6.45) is 2.68. The van der Waals surface area contributed by atoms with Gasteiger partial charge in [-0.25, -0.2) is 0 Å². The van der Waals surface area contributed by atoms with Crippen molar-refractivity contribution in [2.24, 2.45) is 5.73 Å². The lowest BCUT2D eigenvalue weighted by Crippen LogP contribution is -2.18. The van der Waals surface area contributed by atoms with Crippen molar-refractivity contribution < 1.29 is 9.47 Å². The summed E-state index contributed by atoms with van der Waals surface area (Å²) in [6, 6.07) is 5.67. The molecule has 0 radical (unpaired) electrons. The van der Waals surface area contributed by atoms with E-state index in [2.05, 4.69) is 6.92 Å². The standard InChI is InChI=1S/C14H20ClNO2/c1-9-3-5-12(18-9)8-17-14-6-4-11(10(2)16)7-13(14)15/h4,6-7,9-10,12H,3,5,8,16H2,1-2H3/t9?,10-,12?/m1/s1. The zero-order valence-electron chi connectivity index (χ0n) is 10.9. The summed E-state index contributed by atoms with van der Waals surface area (Å²) in [6.45, 7) is 4.58. The summed E-state index contributed by atoms with van der Waals surface area (Å²) < 4.78 is 11.4. The molecule has 4 heteroatoms. The van der Waals surface area contributed by atoms with Crippen molar-refractivity contribution in [1.82, 2.24) is 0 Å². The van der Waals surface area contributed by atoms with Crippen molar-refractivity contribution in [2.75, 3.05) is 6.61 Å². The molecule has 1 aromatic rings. The molecular formula is C14H20ClNO2. The lowest BCUT2D eigenvalue weighted by Gasteiger charge is -2.14. The SMILES string of the molecule is CC1CCC(COc2ccc([C@@H](C)N)cc2Cl)O1. The van der Waals surface area contributed by atoms with Gasteiger partial charge in [0.25, 0.3) is 0 Å². The molecule has 18 heavy (non-hydrogen) atoms. The van der Waals surface area contributed by atoms with Crippen molar-refractivity contribution in [1.29, 1.82) is 0 Å². The molecule has 0 saturated carbocycles. The van der Waals surface area contributed by atoms with E-state index in [1.165, 1.54) is 0 Å². The van der Waals surface area contributed by atoms with Crippen molar-refractivity contribution >= 4 is 11.6 Å². The second kappa shape index (κ2) is 5.91. The quantitative estimate of drug-likeness (QED) is 0.912. The summed E-state index contributed by atoms with van der Waals surface area (Å²) in [4.78, 5) is 0. The van der Waals surface area contributed by atoms with E-state index < -0.39 is 0 Å². The third-order valence-electron chi connectivity index (χ3n) is 3.23. The number of rotatable bonds is 4. The topological polar surface area (TPSA) is 44.5 Å². The Balaban J connectivity index is 1.93. The Kier molecular flexibility index (Phi) is 4.49. The molecule has 1 fully saturated rings. The molecular weight excluding hydrogens is 250 g/mol. The average molecular weight is 270 g/mol. The van der Waals surface area contributed by atoms with Crippen LogP contribution in [0.3, 0.4) is 0 Å². The van der Waals surface area contributed by atoms with Crippen molar-refractivity contribution in [3.8, 4) is 5.75 Å². The van der Waals surface area contributed by atoms with Gasteiger partial charge in [0.1, 0.15) is 12.4 Å². The van der Waals surface area contributed by atoms with Crippen LogP contribution in [0.25, 0.3) is 0 Å². The molecule has 3 atom stereocenters. The van der Waals surface area contributed by atoms with E-state index in [0.29, 0.717) is 23.5 Å². The highest BCUT2D eigenvalue weighted by atomic mass is 35.5. The van der Waals surface area contributed by atoms with Gasteiger partial charge in [0.2, 0.25) is 0 Å². The van der Waals surface area contributed by atoms with Gasteiger partial charge in [0.15, 0.2) is 0 Å². The first kappa shape index (κ1) is 13.7. The van der Waals surface area contributed by atoms with E-state index in [4.69, 9.17) is 26.8 Å². The predicted octanol–water partition coefficient (Wildman–Crippen LogP) is 3.31. The summed E-state index contributed by atoms with van der Waals surface area (Å²) in [5, 5.41) is 0.607. The largest absolute Gasteiger partial charge is 0.489 e. The Bertz CT molecular complexity index is 409. The second-order valence-electron chi connectivity index (χ2n) is 4.94. The number of halogens is 1. The third kappa shape index (κ3) is 3.37. The van der Waals surface area contributed by atoms with Gasteiger partial charge in [-0.2, -0.15) is 0 Å². The first-order valence-corrected chi connectivity index (χ1v) is 6.77. The van der Waals surface area contributed by atoms with Crippen LogP contribution in [0.2, 0.25) is 5.02 Å². The van der Waals surface area contributed by atoms with Crippen molar-refractivity contribution in [2.45, 2.75) is 44.9 Å². The zero-order chi connectivity index (χ0) is 13.1. The van der Waals surface area contributed by atoms with E-state index in [1.54, 1.807) is 0 Å². The van der Waals surface area contributed by atoms with Crippen LogP contribution in [0.4, 0.5) is 0 Å². The maximum absolute atomic E-state index is 6.17. The molecule has 100 valence electrons. The molecule has 0 aliphatic carbocycles. The average Bonchev–Trinajstić information content (AvgIpc) is 2.73. The molecule has 0 aromatic heterocycles. The molecule has 0 bridgehead atoms. The molecule has 2 rings (SSSR count). The number of hydrogen-bond donors (Lipinski definition) is 1. The molecule has 2 N–H and O–H groups in total. The molecule has 3 nitrogen and oxygen atoms in total. The van der Waals surface area contributed by atoms with Gasteiger partial charge in [0.05, 0.1) is 17.2 Å². The minimum atomic E-state index is -0.0180. The minimum absolute atomic E-state index is 0.0180. The maximum Gasteiger partial charge on any atom is 0.138 e. The maximum atomic E-state index is 6.17. The highest BCUT2D eigenvalue weighted by molar-refractivity contribution is 6.32. The van der Waals surface area contributed by atoms with Crippen molar-refractivity contribution in [3.05, 3.63) is 28.8 Å². The van der Waals surface area contributed by atoms with Gasteiger partial charge >= 0.3 is 0 Å². The molecule has 1 heterocycles. The molecule has 1 aliphatic heterocycles. The lowest BCUT2D eigenvalue weighted by atomic mass is 10.1. The Labute approximate surface area is 113 Å². The van der Waals surface area contributed by atoms with Gasteiger partial charge in [-0.05, 0) is 44.4 Å². The first-order valence-electron chi connectivity index (χ1n) is 6.39. The Hall–Kier alpha value is -0.770. The van der Waals surface area contributed by atoms with Gasteiger partial charge < -0.3 is 15.2 Å². The summed E-state index contributed by atoms with van der Waals surface area (Å²) in [5.74, 6) is 0.698. The van der Waals surface area contributed by atoms with Crippen LogP contribution in [0.15, 0.2) is 18.2 Å². The first-order chi connectivity index (χ1) is 8.56. The number of ether oxygens (including phenoxy) is 2. The highest BCUT2D eigenvalue weighted by Gasteiger charge is 2.22. The van der Waals surface area contributed by atoms with Gasteiger partial charge in [-0.3, -0.25) is 0 Å². The lowest BCUT2D eigenvalue weighted by molar-refractivity contribution is 0.0265. The Morgan fingerprint density at radius 2 is 2.28 bits per heavy atom. The summed E-state index contributed by atoms with van der Waals surface area (Å²) >= 11 is 6.17. The molecule has 0 spiro atoms. The summed E-state index contributed by atoms with van der Waals surface area (Å²) in [5.41, 5.74) is 6.81. The smallest absolute Gasteiger partial charge is 0.138 e. The van der Waals surface area contributed by atoms with Crippen LogP contribution in [-0.4, -0.2) is 18.8 Å². The van der Waals surface area contributed by atoms with E-state index >= 15 is 0 Å². The fraction of sp³-hybridized carbons (Fsp3) is 0.571. The molecule has 1 aliphatic rings. The van der Waals surface area contributed by atoms with E-state index in [1.807, 2.05) is 25.1 Å². The van der Waals surface area contributed by atoms with Gasteiger partial charge in [-0.1, -0.05) is 17.7 Å². The Morgan fingerprint density at radius 3 is 2.83 bits per heavy atom. The number of hydrogen-bond acceptors (Lipinski definition) is 3. The second-order valence-corrected chi connectivity index (χ2v) is 5.34. The number of nitrogens with two attached hydrogens (primary N) is 1. The van der Waals surface area contributed by atoms with Gasteiger partial charge in [0, 0.05) is 6.04 Å². The monoisotopic (exact) mass is 269 g/mol. The van der Waals surface area contributed by atoms with E-state index in [9.17, 15) is 0 Å². The fourth-order valence-electron chi connectivity index (χ4n) is 2.11. The Morgan fingerprint density at radius 1 is 1.50 bits per heavy atom. The van der Waals surface area contributed by atoms with E-state index in [-0.39, 0.29) is 12.1 Å². The van der Waals surface area contributed by atoms with Crippen LogP contribution in [0, 0.1) is 0 Å². The zero-order valence-corrected chi connectivity index (χ0v) is 11.6. The highest BCUT2D eigenvalue weighted by Crippen LogP contribution is 2.28. The molecule has 2 unspecified atom stereocenters. The van der Waals surface area contributed by atoms with Gasteiger partial charge in [-0.15, -0.1) is 0 Å². The van der Waals surface area contributed by atoms with Crippen LogP contribution in [0.5, 0.6) is 5.75 Å². The normalized spacial score (nSPS) is 25.1. The summed E-state index contributed by atoms with van der Waals surface area (Å²) in [7, 11) is 0. The van der Waals surface area contributed by atoms with E-state index in [0.717, 1.165) is 18.4 Å². The fourth-order valence-corrected chi connectivity index (χ4v) is 2.35. The molecule has 1 saturated heterocycles.